The van der Waals surface area contributed by atoms with E-state index in [1.165, 1.54) is 19.1 Å². The van der Waals surface area contributed by atoms with Crippen molar-refractivity contribution in [1.29, 1.82) is 0 Å². The number of nitrogens with one attached hydrogen (secondary N) is 1. The zero-order valence-corrected chi connectivity index (χ0v) is 16.6. The maximum absolute atomic E-state index is 12.4. The number of carbonyl (C=O) groups excluding carboxylic acids is 1. The Labute approximate surface area is 177 Å². The van der Waals surface area contributed by atoms with Crippen LogP contribution in [-0.2, 0) is 4.74 Å². The van der Waals surface area contributed by atoms with Gasteiger partial charge in [0.15, 0.2) is 0 Å². The molecule has 0 saturated heterocycles. The van der Waals surface area contributed by atoms with Crippen molar-refractivity contribution in [1.82, 2.24) is 0 Å². The molecule has 1 aliphatic carbocycles. The number of anilines is 1. The summed E-state index contributed by atoms with van der Waals surface area (Å²) in [7, 11) is 0. The third-order valence-corrected chi connectivity index (χ3v) is 5.35. The Morgan fingerprint density at radius 3 is 2.29 bits per heavy atom. The molecule has 1 amide bonds. The van der Waals surface area contributed by atoms with E-state index in [4.69, 9.17) is 10.3 Å². The molecule has 31 heavy (non-hydrogen) atoms. The van der Waals surface area contributed by atoms with Gasteiger partial charge in [-0.3, -0.25) is 5.32 Å². The molecule has 0 radical (unpaired) electrons. The van der Waals surface area contributed by atoms with Gasteiger partial charge in [0.2, 0.25) is 0 Å². The molecule has 3 aromatic rings. The zero-order chi connectivity index (χ0) is 22.0. The van der Waals surface area contributed by atoms with Gasteiger partial charge in [-0.05, 0) is 52.4 Å². The first-order valence-electron chi connectivity index (χ1n) is 9.54. The van der Waals surface area contributed by atoms with Crippen molar-refractivity contribution in [3.8, 4) is 11.1 Å². The summed E-state index contributed by atoms with van der Waals surface area (Å²) in [4.78, 5) is 26.6. The summed E-state index contributed by atoms with van der Waals surface area (Å²) < 4.78 is 5.47. The molecule has 0 aromatic heterocycles. The number of fused-ring (bicyclic) bond motifs is 3. The number of carbonyl (C=O) groups is 2. The number of benzene rings is 3. The highest BCUT2D eigenvalue weighted by molar-refractivity contribution is 5.95. The summed E-state index contributed by atoms with van der Waals surface area (Å²) in [5.74, 6) is -1.28. The van der Waals surface area contributed by atoms with E-state index in [9.17, 15) is 14.7 Å². The lowest BCUT2D eigenvalue weighted by Crippen LogP contribution is -2.18. The molecule has 4 rings (SSSR count). The molecule has 154 valence electrons. The quantitative estimate of drug-likeness (QED) is 0.302. The molecule has 2 N–H and O–H groups in total. The van der Waals surface area contributed by atoms with Gasteiger partial charge in [-0.1, -0.05) is 53.6 Å². The number of carboxylic acids is 1. The molecule has 8 nitrogen and oxygen atoms in total. The van der Waals surface area contributed by atoms with Crippen LogP contribution in [0.15, 0.2) is 65.8 Å². The molecule has 0 spiro atoms. The Bertz CT molecular complexity index is 1180. The smallest absolute Gasteiger partial charge is 0.411 e. The fourth-order valence-electron chi connectivity index (χ4n) is 3.90. The van der Waals surface area contributed by atoms with Crippen molar-refractivity contribution in [3.05, 3.63) is 93.4 Å². The molecule has 0 fully saturated rings. The van der Waals surface area contributed by atoms with Crippen molar-refractivity contribution in [2.45, 2.75) is 12.8 Å². The summed E-state index contributed by atoms with van der Waals surface area (Å²) in [6, 6.07) is 18.7. The van der Waals surface area contributed by atoms with Crippen molar-refractivity contribution in [2.24, 2.45) is 5.11 Å². The minimum atomic E-state index is -1.19. The van der Waals surface area contributed by atoms with Crippen molar-refractivity contribution < 1.29 is 19.4 Å². The summed E-state index contributed by atoms with van der Waals surface area (Å²) in [6.07, 6.45) is -0.728. The van der Waals surface area contributed by atoms with Gasteiger partial charge in [0.25, 0.3) is 0 Å². The average Bonchev–Trinajstić information content (AvgIpc) is 3.08. The van der Waals surface area contributed by atoms with E-state index in [0.717, 1.165) is 22.3 Å². The summed E-state index contributed by atoms with van der Waals surface area (Å²) in [5.41, 5.74) is 13.7. The van der Waals surface area contributed by atoms with Crippen LogP contribution < -0.4 is 5.32 Å². The lowest BCUT2D eigenvalue weighted by atomic mass is 9.98. The molecular weight excluding hydrogens is 396 g/mol. The fourth-order valence-corrected chi connectivity index (χ4v) is 3.90. The first kappa shape index (κ1) is 20.0. The number of amides is 1. The highest BCUT2D eigenvalue weighted by Gasteiger charge is 2.29. The lowest BCUT2D eigenvalue weighted by molar-refractivity contribution is 0.0696. The number of rotatable bonds is 5. The predicted octanol–water partition coefficient (Wildman–Crippen LogP) is 6.00. The van der Waals surface area contributed by atoms with Gasteiger partial charge in [0, 0.05) is 22.2 Å². The van der Waals surface area contributed by atoms with Gasteiger partial charge < -0.3 is 9.84 Å². The maximum Gasteiger partial charge on any atom is 0.411 e. The Balaban J connectivity index is 1.53. The Kier molecular flexibility index (Phi) is 5.30. The second-order valence-electron chi connectivity index (χ2n) is 7.11. The first-order chi connectivity index (χ1) is 15.0. The average molecular weight is 414 g/mol. The molecule has 0 saturated carbocycles. The standard InChI is InChI=1S/C23H18N4O4/c1-13-19(22(28)29)10-14(11-21(13)26-27-24)25-23(30)31-12-20-17-8-4-2-6-15(17)16-7-3-5-9-18(16)20/h2-11,20H,12H2,1H3,(H,25,30)(H,28,29). The van der Waals surface area contributed by atoms with Crippen molar-refractivity contribution in [2.75, 3.05) is 11.9 Å². The van der Waals surface area contributed by atoms with Crippen LogP contribution >= 0.6 is 0 Å². The first-order valence-corrected chi connectivity index (χ1v) is 9.54. The molecule has 8 heteroatoms. The maximum atomic E-state index is 12.4. The van der Waals surface area contributed by atoms with E-state index in [1.807, 2.05) is 48.5 Å². The topological polar surface area (TPSA) is 124 Å². The van der Waals surface area contributed by atoms with Crippen LogP contribution in [0.4, 0.5) is 16.2 Å². The van der Waals surface area contributed by atoms with Gasteiger partial charge in [0.05, 0.1) is 5.56 Å². The largest absolute Gasteiger partial charge is 0.478 e. The number of ether oxygens (including phenoxy) is 1. The van der Waals surface area contributed by atoms with E-state index in [-0.39, 0.29) is 29.5 Å². The molecule has 0 unspecified atom stereocenters. The lowest BCUT2D eigenvalue weighted by Gasteiger charge is -2.15. The summed E-state index contributed by atoms with van der Waals surface area (Å²) in [6.45, 7) is 1.66. The minimum absolute atomic E-state index is 0.0705. The molecule has 0 bridgehead atoms. The Hall–Kier alpha value is -4.29. The van der Waals surface area contributed by atoms with Crippen LogP contribution in [0.3, 0.4) is 0 Å². The molecule has 0 heterocycles. The minimum Gasteiger partial charge on any atom is -0.478 e. The van der Waals surface area contributed by atoms with E-state index in [2.05, 4.69) is 15.3 Å². The van der Waals surface area contributed by atoms with Gasteiger partial charge in [-0.2, -0.15) is 0 Å². The molecular formula is C23H18N4O4. The number of nitrogens with zero attached hydrogens (tertiary/aromatic N) is 3. The van der Waals surface area contributed by atoms with Crippen LogP contribution in [0.5, 0.6) is 0 Å². The number of aromatic carboxylic acids is 1. The van der Waals surface area contributed by atoms with Gasteiger partial charge in [0.1, 0.15) is 6.61 Å². The summed E-state index contributed by atoms with van der Waals surface area (Å²) in [5, 5.41) is 15.4. The summed E-state index contributed by atoms with van der Waals surface area (Å²) >= 11 is 0. The SMILES string of the molecule is Cc1c(N=[N+]=[N-])cc(NC(=O)OCC2c3ccccc3-c3ccccc32)cc1C(=O)O. The third kappa shape index (κ3) is 3.80. The third-order valence-electron chi connectivity index (χ3n) is 5.35. The van der Waals surface area contributed by atoms with Crippen molar-refractivity contribution >= 4 is 23.4 Å². The van der Waals surface area contributed by atoms with Crippen LogP contribution in [-0.4, -0.2) is 23.8 Å². The van der Waals surface area contributed by atoms with Crippen molar-refractivity contribution in [3.63, 3.8) is 0 Å². The van der Waals surface area contributed by atoms with Crippen LogP contribution in [0.25, 0.3) is 21.6 Å². The van der Waals surface area contributed by atoms with E-state index in [0.29, 0.717) is 5.56 Å². The molecule has 0 aliphatic heterocycles. The second-order valence-corrected chi connectivity index (χ2v) is 7.11. The monoisotopic (exact) mass is 414 g/mol. The van der Waals surface area contributed by atoms with Crippen LogP contribution in [0.1, 0.15) is 33.0 Å². The zero-order valence-electron chi connectivity index (χ0n) is 16.6. The number of hydrogen-bond donors (Lipinski definition) is 2. The van der Waals surface area contributed by atoms with Crippen LogP contribution in [0, 0.1) is 6.92 Å². The normalized spacial score (nSPS) is 11.8. The molecule has 3 aromatic carbocycles. The highest BCUT2D eigenvalue weighted by Crippen LogP contribution is 2.44. The highest BCUT2D eigenvalue weighted by atomic mass is 16.5. The fraction of sp³-hybridized carbons (Fsp3) is 0.130. The van der Waals surface area contributed by atoms with Gasteiger partial charge in [-0.25, -0.2) is 9.59 Å². The predicted molar refractivity (Wildman–Crippen MR) is 116 cm³/mol. The molecule has 1 aliphatic rings. The van der Waals surface area contributed by atoms with Gasteiger partial charge >= 0.3 is 12.1 Å². The number of azide groups is 1. The van der Waals surface area contributed by atoms with E-state index in [1.54, 1.807) is 0 Å². The number of hydrogen-bond acceptors (Lipinski definition) is 4. The van der Waals surface area contributed by atoms with E-state index >= 15 is 0 Å². The molecule has 0 atom stereocenters. The van der Waals surface area contributed by atoms with E-state index < -0.39 is 12.1 Å². The Morgan fingerprint density at radius 2 is 1.71 bits per heavy atom. The van der Waals surface area contributed by atoms with Crippen LogP contribution in [0.2, 0.25) is 0 Å². The van der Waals surface area contributed by atoms with Gasteiger partial charge in [-0.15, -0.1) is 0 Å². The Morgan fingerprint density at radius 1 is 1.10 bits per heavy atom. The number of carboxylic acid groups (broad SMARTS) is 1. The second kappa shape index (κ2) is 8.22.